The molecule has 1 saturated heterocycles. The van der Waals surface area contributed by atoms with Crippen molar-refractivity contribution in [2.24, 2.45) is 5.92 Å². The van der Waals surface area contributed by atoms with Crippen LogP contribution < -0.4 is 0 Å². The van der Waals surface area contributed by atoms with Gasteiger partial charge in [0.2, 0.25) is 0 Å². The lowest BCUT2D eigenvalue weighted by Crippen LogP contribution is -2.17. The molecule has 10 heavy (non-hydrogen) atoms. The number of rotatable bonds is 3. The van der Waals surface area contributed by atoms with Gasteiger partial charge in [-0.05, 0) is 6.42 Å². The third kappa shape index (κ3) is 2.02. The van der Waals surface area contributed by atoms with Gasteiger partial charge in [-0.2, -0.15) is 0 Å². The highest BCUT2D eigenvalue weighted by atomic mass is 16.6. The van der Waals surface area contributed by atoms with Gasteiger partial charge < -0.3 is 9.84 Å². The molecule has 1 rings (SSSR count). The van der Waals surface area contributed by atoms with Crippen LogP contribution in [0.3, 0.4) is 0 Å². The first-order valence-corrected chi connectivity index (χ1v) is 3.50. The van der Waals surface area contributed by atoms with E-state index in [2.05, 4.69) is 5.92 Å². The Labute approximate surface area is 61.2 Å². The van der Waals surface area contributed by atoms with Crippen molar-refractivity contribution in [2.45, 2.75) is 25.6 Å². The van der Waals surface area contributed by atoms with Gasteiger partial charge in [0.25, 0.3) is 0 Å². The van der Waals surface area contributed by atoms with Crippen LogP contribution in [0.4, 0.5) is 0 Å². The second kappa shape index (κ2) is 3.05. The van der Waals surface area contributed by atoms with Gasteiger partial charge in [-0.1, -0.05) is 6.92 Å². The van der Waals surface area contributed by atoms with Crippen LogP contribution in [0.15, 0.2) is 0 Å². The lowest BCUT2D eigenvalue weighted by molar-refractivity contribution is 0.118. The zero-order valence-corrected chi connectivity index (χ0v) is 6.08. The fraction of sp³-hybridized carbons (Fsp3) is 0.750. The molecule has 0 aromatic carbocycles. The number of aliphatic hydroxyl groups is 1. The van der Waals surface area contributed by atoms with Gasteiger partial charge in [-0.15, -0.1) is 12.3 Å². The van der Waals surface area contributed by atoms with Gasteiger partial charge in [0, 0.05) is 5.92 Å². The van der Waals surface area contributed by atoms with E-state index in [4.69, 9.17) is 11.2 Å². The molecular weight excluding hydrogens is 128 g/mol. The molecule has 1 unspecified atom stereocenters. The van der Waals surface area contributed by atoms with Crippen LogP contribution in [0, 0.1) is 18.3 Å². The van der Waals surface area contributed by atoms with E-state index < -0.39 is 0 Å². The standard InChI is InChI=1S/C8H12O2/c1-3-6(2)4-7(9)8-5-10-8/h1,6-9H,4-5H2,2H3/t6-,7-,8?/m0/s1. The fourth-order valence-electron chi connectivity index (χ4n) is 0.860. The first-order valence-electron chi connectivity index (χ1n) is 3.50. The Balaban J connectivity index is 2.17. The highest BCUT2D eigenvalue weighted by molar-refractivity contribution is 4.93. The monoisotopic (exact) mass is 140 g/mol. The first kappa shape index (κ1) is 7.59. The zero-order chi connectivity index (χ0) is 7.56. The second-order valence-electron chi connectivity index (χ2n) is 2.74. The van der Waals surface area contributed by atoms with Gasteiger partial charge in [0.05, 0.1) is 12.7 Å². The summed E-state index contributed by atoms with van der Waals surface area (Å²) < 4.78 is 4.90. The minimum Gasteiger partial charge on any atom is -0.390 e. The number of hydrogen-bond donors (Lipinski definition) is 1. The maximum absolute atomic E-state index is 9.27. The molecule has 0 bridgehead atoms. The SMILES string of the molecule is C#C[C@H](C)C[C@H](O)C1CO1. The molecule has 0 saturated carbocycles. The quantitative estimate of drug-likeness (QED) is 0.455. The summed E-state index contributed by atoms with van der Waals surface area (Å²) in [6.45, 7) is 2.62. The summed E-state index contributed by atoms with van der Waals surface area (Å²) >= 11 is 0. The van der Waals surface area contributed by atoms with Crippen molar-refractivity contribution < 1.29 is 9.84 Å². The average molecular weight is 140 g/mol. The van der Waals surface area contributed by atoms with Crippen molar-refractivity contribution >= 4 is 0 Å². The van der Waals surface area contributed by atoms with Crippen molar-refractivity contribution in [1.29, 1.82) is 0 Å². The van der Waals surface area contributed by atoms with E-state index in [1.54, 1.807) is 0 Å². The van der Waals surface area contributed by atoms with Crippen LogP contribution in [-0.2, 0) is 4.74 Å². The predicted octanol–water partition coefficient (Wildman–Crippen LogP) is 0.405. The summed E-state index contributed by atoms with van der Waals surface area (Å²) in [6.07, 6.45) is 5.50. The molecule has 56 valence electrons. The van der Waals surface area contributed by atoms with E-state index in [-0.39, 0.29) is 18.1 Å². The van der Waals surface area contributed by atoms with Crippen molar-refractivity contribution in [3.05, 3.63) is 0 Å². The Bertz CT molecular complexity index is 144. The molecule has 0 radical (unpaired) electrons. The molecule has 0 aromatic rings. The van der Waals surface area contributed by atoms with Crippen LogP contribution >= 0.6 is 0 Å². The molecule has 1 aliphatic rings. The minimum atomic E-state index is -0.356. The molecule has 1 aliphatic heterocycles. The maximum Gasteiger partial charge on any atom is 0.107 e. The molecule has 0 aromatic heterocycles. The highest BCUT2D eigenvalue weighted by Gasteiger charge is 2.31. The Kier molecular flexibility index (Phi) is 2.31. The Hall–Kier alpha value is -0.520. The molecule has 2 heteroatoms. The summed E-state index contributed by atoms with van der Waals surface area (Å²) in [5.74, 6) is 2.71. The van der Waals surface area contributed by atoms with Gasteiger partial charge in [0.15, 0.2) is 0 Å². The zero-order valence-electron chi connectivity index (χ0n) is 6.08. The smallest absolute Gasteiger partial charge is 0.107 e. The number of terminal acetylenes is 1. The van der Waals surface area contributed by atoms with Crippen molar-refractivity contribution in [1.82, 2.24) is 0 Å². The minimum absolute atomic E-state index is 0.0656. The van der Waals surface area contributed by atoms with Gasteiger partial charge >= 0.3 is 0 Å². The Morgan fingerprint density at radius 3 is 2.90 bits per heavy atom. The summed E-state index contributed by atoms with van der Waals surface area (Å²) in [6, 6.07) is 0. The van der Waals surface area contributed by atoms with E-state index in [0.29, 0.717) is 13.0 Å². The summed E-state index contributed by atoms with van der Waals surface area (Å²) in [7, 11) is 0. The number of hydrogen-bond acceptors (Lipinski definition) is 2. The van der Waals surface area contributed by atoms with Gasteiger partial charge in [-0.3, -0.25) is 0 Å². The first-order chi connectivity index (χ1) is 4.74. The Morgan fingerprint density at radius 1 is 1.90 bits per heavy atom. The normalized spacial score (nSPS) is 28.7. The van der Waals surface area contributed by atoms with Gasteiger partial charge in [0.1, 0.15) is 6.10 Å². The summed E-state index contributed by atoms with van der Waals surface area (Å²) in [4.78, 5) is 0. The highest BCUT2D eigenvalue weighted by Crippen LogP contribution is 2.19. The van der Waals surface area contributed by atoms with Crippen LogP contribution in [0.25, 0.3) is 0 Å². The number of aliphatic hydroxyl groups excluding tert-OH is 1. The largest absolute Gasteiger partial charge is 0.390 e. The third-order valence-corrected chi connectivity index (χ3v) is 1.67. The topological polar surface area (TPSA) is 32.8 Å². The molecule has 0 spiro atoms. The van der Waals surface area contributed by atoms with Gasteiger partial charge in [-0.25, -0.2) is 0 Å². The van der Waals surface area contributed by atoms with Crippen molar-refractivity contribution in [2.75, 3.05) is 6.61 Å². The van der Waals surface area contributed by atoms with Crippen LogP contribution in [-0.4, -0.2) is 23.9 Å². The van der Waals surface area contributed by atoms with E-state index in [0.717, 1.165) is 0 Å². The van der Waals surface area contributed by atoms with E-state index in [1.165, 1.54) is 0 Å². The Morgan fingerprint density at radius 2 is 2.50 bits per heavy atom. The molecule has 1 fully saturated rings. The van der Waals surface area contributed by atoms with E-state index in [1.807, 2.05) is 6.92 Å². The summed E-state index contributed by atoms with van der Waals surface area (Å²) in [5.41, 5.74) is 0. The molecule has 3 atom stereocenters. The van der Waals surface area contributed by atoms with Crippen LogP contribution in [0.1, 0.15) is 13.3 Å². The third-order valence-electron chi connectivity index (χ3n) is 1.67. The predicted molar refractivity (Wildman–Crippen MR) is 38.4 cm³/mol. The molecule has 1 N–H and O–H groups in total. The van der Waals surface area contributed by atoms with Crippen LogP contribution in [0.5, 0.6) is 0 Å². The fourth-order valence-corrected chi connectivity index (χ4v) is 0.860. The van der Waals surface area contributed by atoms with Crippen molar-refractivity contribution in [3.63, 3.8) is 0 Å². The van der Waals surface area contributed by atoms with E-state index >= 15 is 0 Å². The molecule has 2 nitrogen and oxygen atoms in total. The number of ether oxygens (including phenoxy) is 1. The second-order valence-corrected chi connectivity index (χ2v) is 2.74. The lowest BCUT2D eigenvalue weighted by Gasteiger charge is -2.08. The lowest BCUT2D eigenvalue weighted by atomic mass is 10.0. The average Bonchev–Trinajstić information content (AvgIpc) is 2.68. The van der Waals surface area contributed by atoms with Crippen LogP contribution in [0.2, 0.25) is 0 Å². The molecule has 1 heterocycles. The maximum atomic E-state index is 9.27. The van der Waals surface area contributed by atoms with Crippen molar-refractivity contribution in [3.8, 4) is 12.3 Å². The van der Waals surface area contributed by atoms with E-state index in [9.17, 15) is 5.11 Å². The number of epoxide rings is 1. The molecule has 0 aliphatic carbocycles. The summed E-state index contributed by atoms with van der Waals surface area (Å²) in [5, 5.41) is 9.27. The molecular formula is C8H12O2. The molecule has 0 amide bonds.